The standard InChI is InChI=1S/C18H16FN5O3.C18H18FN5O.C17H15N5O3.C16H13N5O3.C2H4BrF.C2H6O.CH2O3.BBr3.2ClH.Cs.Sn/c1-12-2-3-14(24(25)26)9-17(12)23-18-21-6-4-16(22-18)13-8-15(11-20-10-13)27-7-5-19;1-12-2-3-14(20)9-17(12)24-18-22-6-4-16(23-18)13-8-15(11-21-10-13)25-7-5-19;1-11-3-4-13(22(23)24)8-16(11)21-17-19-6-5-15(20-17)12-7-14(25-2)10-18-9-12;1-10-2-3-12(21(23)24)7-15(10)20-16-18-5-4-14(19-16)11-6-13(22)9-17-8-11;3-1-2-4;1-2-3;2-1-4-3;2-1(3)4;;;;/h2-4,6,8-11H,5,7H2,1H3,(H,21,22,23);2-4,6,8-11H,5,7,20H2,1H3,(H,22,23,24);3-10H,1-2H3,(H,19,20,21);2-9,22H,1H3,(H,18,19,20);1-2H2;3H,2H2,1H3;1,3H;;2*1H;;/q;;;;;;;;;;+1;+2/p-3. The van der Waals surface area contributed by atoms with Crippen molar-refractivity contribution in [1.82, 2.24) is 59.8 Å². The van der Waals surface area contributed by atoms with Crippen LogP contribution >= 0.6 is 81.0 Å². The molecule has 0 spiro atoms. The number of aliphatic hydroxyl groups excluding tert-OH is 1. The Balaban J connectivity index is 0.000000385. The van der Waals surface area contributed by atoms with Crippen LogP contribution in [0.15, 0.2) is 196 Å². The number of nitrogens with two attached hydrogens (primary N) is 1. The van der Waals surface area contributed by atoms with Crippen molar-refractivity contribution in [2.45, 2.75) is 34.6 Å². The maximum absolute atomic E-state index is 12.3. The fourth-order valence-corrected chi connectivity index (χ4v) is 8.98. The summed E-state index contributed by atoms with van der Waals surface area (Å²) in [5.74, 6) is 2.95. The number of anilines is 9. The van der Waals surface area contributed by atoms with E-state index in [1.165, 1.54) is 61.1 Å². The molecule has 2 radical (unpaired) electrons. The Hall–Kier alpha value is -9.20. The van der Waals surface area contributed by atoms with Crippen molar-refractivity contribution in [2.75, 3.05) is 79.3 Å². The average Bonchev–Trinajstić information content (AvgIpc) is 0.813. The van der Waals surface area contributed by atoms with E-state index in [2.05, 4.69) is 149 Å². The van der Waals surface area contributed by atoms with Gasteiger partial charge >= 0.3 is 109 Å². The fourth-order valence-electron chi connectivity index (χ4n) is 8.98. The third-order valence-corrected chi connectivity index (χ3v) is 14.5. The number of carbonyl (C=O) groups excluding carboxylic acids is 1. The van der Waals surface area contributed by atoms with Gasteiger partial charge in [0.2, 0.25) is 23.8 Å². The van der Waals surface area contributed by atoms with Gasteiger partial charge in [-0.15, -0.1) is 47.3 Å². The number of rotatable bonds is 24. The van der Waals surface area contributed by atoms with Gasteiger partial charge in [-0.1, -0.05) is 40.2 Å². The van der Waals surface area contributed by atoms with Crippen molar-refractivity contribution in [3.8, 4) is 68.0 Å². The van der Waals surface area contributed by atoms with Crippen LogP contribution in [-0.4, -0.2) is 166 Å². The second kappa shape index (κ2) is 59.5. The first-order valence-corrected chi connectivity index (χ1v) is 45.1. The summed E-state index contributed by atoms with van der Waals surface area (Å²) in [4.78, 5) is 93.3. The number of methoxy groups -OCH3 is 1. The minimum atomic E-state index is -0.826. The fraction of sp³-hybridized carbons (Fsp3) is 0.176. The maximum Gasteiger partial charge on any atom is 1.00 e. The number of aliphatic hydroxyl groups is 1. The van der Waals surface area contributed by atoms with Gasteiger partial charge in [-0.25, -0.2) is 48.7 Å². The molecule has 8 heterocycles. The van der Waals surface area contributed by atoms with Gasteiger partial charge in [0, 0.05) is 132 Å². The second-order valence-electron chi connectivity index (χ2n) is 22.5. The van der Waals surface area contributed by atoms with Crippen LogP contribution in [0.2, 0.25) is 0 Å². The third-order valence-electron chi connectivity index (χ3n) is 14.3. The average molecular weight is 2180 g/mol. The molecule has 8 aromatic heterocycles. The first kappa shape index (κ1) is 105. The molecule has 8 N–H and O–H groups in total. The van der Waals surface area contributed by atoms with Gasteiger partial charge in [-0.2, -0.15) is 0 Å². The summed E-state index contributed by atoms with van der Waals surface area (Å²) < 4.78 is 51.1. The predicted octanol–water partition coefficient (Wildman–Crippen LogP) is 14.0. The zero-order valence-corrected chi connectivity index (χ0v) is 81.6. The Labute approximate surface area is 795 Å². The van der Waals surface area contributed by atoms with Gasteiger partial charge in [0.1, 0.15) is 49.6 Å². The number of hydrogen-bond donors (Lipinski definition) is 7. The van der Waals surface area contributed by atoms with Crippen molar-refractivity contribution in [1.29, 1.82) is 0 Å². The summed E-state index contributed by atoms with van der Waals surface area (Å²) in [5, 5.41) is 71.0. The van der Waals surface area contributed by atoms with Gasteiger partial charge < -0.3 is 61.6 Å². The quantitative estimate of drug-likeness (QED) is 0.00562. The molecule has 0 aliphatic heterocycles. The van der Waals surface area contributed by atoms with Crippen molar-refractivity contribution in [2.24, 2.45) is 0 Å². The normalized spacial score (nSPS) is 9.71. The molecule has 0 unspecified atom stereocenters. The summed E-state index contributed by atoms with van der Waals surface area (Å²) in [6.07, 6.45) is 18.9. The number of carbonyl (C=O) groups is 1. The molecule has 0 saturated heterocycles. The van der Waals surface area contributed by atoms with Gasteiger partial charge in [0.25, 0.3) is 23.5 Å². The van der Waals surface area contributed by atoms with Crippen LogP contribution in [0.5, 0.6) is 23.0 Å². The minimum Gasteiger partial charge on any atom is 1.00 e. The molecule has 4 aromatic carbocycles. The zero-order chi connectivity index (χ0) is 87.6. The van der Waals surface area contributed by atoms with Crippen LogP contribution < -0.4 is 115 Å². The van der Waals surface area contributed by atoms with Crippen LogP contribution in [0.1, 0.15) is 29.2 Å². The number of non-ortho nitro benzene ring substituents is 3. The number of nitrogen functional groups attached to an aromatic ring is 1. The van der Waals surface area contributed by atoms with Crippen LogP contribution in [-0.2, 0) is 9.68 Å². The maximum atomic E-state index is 12.3. The van der Waals surface area contributed by atoms with Crippen molar-refractivity contribution >= 4 is 179 Å². The number of pyridine rings is 4. The summed E-state index contributed by atoms with van der Waals surface area (Å²) in [7, 11) is 11.4. The number of aromatic hydroxyl groups is 1. The van der Waals surface area contributed by atoms with E-state index in [0.717, 1.165) is 39.1 Å². The number of nitrogens with zero attached hydrogens (tertiary/aromatic N) is 15. The smallest absolute Gasteiger partial charge is 1.00 e. The second-order valence-corrected chi connectivity index (χ2v) is 34.0. The van der Waals surface area contributed by atoms with Crippen molar-refractivity contribution in [3.63, 3.8) is 0 Å². The Bertz CT molecular complexity index is 5180. The van der Waals surface area contributed by atoms with E-state index in [-0.39, 0.29) is 134 Å². The summed E-state index contributed by atoms with van der Waals surface area (Å²) >= 11 is 11.4. The van der Waals surface area contributed by atoms with E-state index in [1.807, 2.05) is 52.0 Å². The molecule has 12 aromatic rings. The van der Waals surface area contributed by atoms with Gasteiger partial charge in [0.05, 0.1) is 93.2 Å². The summed E-state index contributed by atoms with van der Waals surface area (Å²) in [6, 6.07) is 33.0. The zero-order valence-electron chi connectivity index (χ0n) is 64.6. The SMILES string of the molecule is BrB(Br)Br.CCO.COc1cncc(-c2ccnc(Nc3cc([N+](=O)[O-])ccc3C)n2)c1.Cc1ccc(N)cc1Nc1nccc(-c2cncc(OCCF)c2)n1.Cc1ccc([N+](=O)[O-])cc1Nc1nccc(-c2cncc(O)c2)n1.Cc1ccc([N+](=O)[O-])cc1Nc1nccc(-c2cncc(OCCF)c2)n1.FCCBr.O=CO[O-].[Cl][Sn][Cl].[Cs+]. The molecule has 0 aliphatic carbocycles. The Morgan fingerprint density at radius 2 is 0.783 bits per heavy atom. The van der Waals surface area contributed by atoms with Gasteiger partial charge in [0.15, 0.2) is 0 Å². The monoisotopic (exact) mass is 2170 g/mol. The van der Waals surface area contributed by atoms with Crippen molar-refractivity contribution in [3.05, 3.63) is 248 Å². The molecule has 34 nitrogen and oxygen atoms in total. The van der Waals surface area contributed by atoms with E-state index < -0.39 is 47.0 Å². The molecule has 12 rings (SSSR count). The Morgan fingerprint density at radius 3 is 1.06 bits per heavy atom. The van der Waals surface area contributed by atoms with E-state index in [9.17, 15) is 48.6 Å². The van der Waals surface area contributed by atoms with E-state index in [0.29, 0.717) is 97.1 Å². The Kier molecular flexibility index (Phi) is 52.0. The molecular weight excluding hydrogens is 2100 g/mol. The molecule has 0 aliphatic rings. The molecular formula is C74H73BBr4Cl2CsF3N20O14Sn. The summed E-state index contributed by atoms with van der Waals surface area (Å²) in [5.41, 5.74) is 17.8. The van der Waals surface area contributed by atoms with Gasteiger partial charge in [-0.3, -0.25) is 59.5 Å². The molecule has 0 fully saturated rings. The minimum absolute atomic E-state index is 0. The number of nitrogens with one attached hydrogen (secondary N) is 4. The number of nitro benzene ring substituents is 3. The van der Waals surface area contributed by atoms with Crippen LogP contribution in [0.25, 0.3) is 45.0 Å². The summed E-state index contributed by atoms with van der Waals surface area (Å²) in [6.45, 7) is 7.77. The van der Waals surface area contributed by atoms with Crippen LogP contribution in [0, 0.1) is 58.0 Å². The molecule has 0 bridgehead atoms. The largest absolute Gasteiger partial charge is 1.00 e. The first-order valence-electron chi connectivity index (χ1n) is 34.0. The molecule has 0 amide bonds. The number of nitro groups is 3. The van der Waals surface area contributed by atoms with E-state index in [4.69, 9.17) is 52.9 Å². The Morgan fingerprint density at radius 1 is 0.508 bits per heavy atom. The van der Waals surface area contributed by atoms with E-state index >= 15 is 0 Å². The molecule has 624 valence electrons. The molecule has 0 atom stereocenters. The number of benzene rings is 4. The number of aryl methyl sites for hydroxylation is 4. The molecule has 0 saturated carbocycles. The number of halogens is 9. The number of hydrogen-bond acceptors (Lipinski definition) is 31. The molecule has 46 heteroatoms. The van der Waals surface area contributed by atoms with Crippen LogP contribution in [0.4, 0.5) is 82.5 Å². The molecule has 120 heavy (non-hydrogen) atoms. The van der Waals surface area contributed by atoms with Gasteiger partial charge in [-0.05, 0) is 118 Å². The third kappa shape index (κ3) is 39.5. The predicted molar refractivity (Wildman–Crippen MR) is 464 cm³/mol. The number of ether oxygens (including phenoxy) is 3. The van der Waals surface area contributed by atoms with Crippen molar-refractivity contribution < 1.29 is 136 Å². The number of alkyl halides is 4. The first-order chi connectivity index (χ1) is 57.2. The number of aromatic nitrogens is 12. The van der Waals surface area contributed by atoms with E-state index in [1.54, 1.807) is 124 Å². The topological polar surface area (TPSA) is 476 Å². The van der Waals surface area contributed by atoms with Crippen LogP contribution in [0.3, 0.4) is 0 Å².